The van der Waals surface area contributed by atoms with E-state index >= 15 is 0 Å². The smallest absolute Gasteiger partial charge is 0.267 e. The zero-order valence-electron chi connectivity index (χ0n) is 14.0. The summed E-state index contributed by atoms with van der Waals surface area (Å²) < 4.78 is 11.0. The van der Waals surface area contributed by atoms with E-state index in [9.17, 15) is 9.90 Å². The number of aliphatic hydroxyl groups excluding tert-OH is 2. The number of rotatable bonds is 9. The van der Waals surface area contributed by atoms with Crippen molar-refractivity contribution in [1.29, 1.82) is 0 Å². The minimum absolute atomic E-state index is 0.0882. The maximum atomic E-state index is 11.3. The monoisotopic (exact) mass is 359 g/mol. The quantitative estimate of drug-likeness (QED) is 0.308. The van der Waals surface area contributed by atoms with Gasteiger partial charge in [-0.2, -0.15) is 0 Å². The van der Waals surface area contributed by atoms with Gasteiger partial charge in [-0.05, 0) is 35.9 Å². The van der Waals surface area contributed by atoms with Crippen LogP contribution in [-0.2, 0) is 4.79 Å². The molecule has 4 N–H and O–H groups in total. The van der Waals surface area contributed by atoms with E-state index in [1.165, 1.54) is 11.6 Å². The van der Waals surface area contributed by atoms with Crippen LogP contribution in [0.15, 0.2) is 66.7 Å². The van der Waals surface area contributed by atoms with Crippen molar-refractivity contribution in [2.24, 2.45) is 0 Å². The maximum absolute atomic E-state index is 11.3. The normalized spacial score (nSPS) is 13.2. The lowest BCUT2D eigenvalue weighted by molar-refractivity contribution is -0.124. The summed E-state index contributed by atoms with van der Waals surface area (Å²) in [7, 11) is 0. The summed E-state index contributed by atoms with van der Waals surface area (Å²) in [4.78, 5) is 11.3. The van der Waals surface area contributed by atoms with Crippen LogP contribution in [0.4, 0.5) is 0 Å². The van der Waals surface area contributed by atoms with Crippen LogP contribution in [0, 0.1) is 0 Å². The second-order valence-corrected chi connectivity index (χ2v) is 5.32. The average molecular weight is 359 g/mol. The first-order chi connectivity index (χ1) is 12.6. The molecule has 2 aromatic carbocycles. The first kappa shape index (κ1) is 19.5. The number of benzene rings is 2. The molecule has 0 heterocycles. The van der Waals surface area contributed by atoms with Gasteiger partial charge in [0, 0.05) is 6.08 Å². The molecule has 0 fully saturated rings. The molecule has 7 nitrogen and oxygen atoms in total. The first-order valence-corrected chi connectivity index (χ1v) is 7.99. The highest BCUT2D eigenvalue weighted by Gasteiger charge is 2.21. The lowest BCUT2D eigenvalue weighted by Gasteiger charge is -2.22. The summed E-state index contributed by atoms with van der Waals surface area (Å²) in [6.45, 7) is 0.0930. The van der Waals surface area contributed by atoms with Crippen molar-refractivity contribution >= 4 is 5.91 Å². The van der Waals surface area contributed by atoms with Gasteiger partial charge in [0.05, 0.1) is 6.61 Å². The predicted octanol–water partition coefficient (Wildman–Crippen LogP) is 1.60. The van der Waals surface area contributed by atoms with E-state index in [4.69, 9.17) is 19.8 Å². The predicted molar refractivity (Wildman–Crippen MR) is 93.9 cm³/mol. The third kappa shape index (κ3) is 5.89. The third-order valence-electron chi connectivity index (χ3n) is 3.46. The highest BCUT2D eigenvalue weighted by Crippen LogP contribution is 2.25. The number of ether oxygens (including phenoxy) is 2. The minimum Gasteiger partial charge on any atom is -0.491 e. The number of hydrogen-bond donors (Lipinski definition) is 4. The Bertz CT molecular complexity index is 702. The van der Waals surface area contributed by atoms with Crippen LogP contribution in [0.5, 0.6) is 11.5 Å². The number of amides is 1. The van der Waals surface area contributed by atoms with E-state index in [1.54, 1.807) is 48.5 Å². The molecule has 1 amide bonds. The average Bonchev–Trinajstić information content (AvgIpc) is 2.69. The van der Waals surface area contributed by atoms with E-state index in [2.05, 4.69) is 0 Å². The fourth-order valence-corrected chi connectivity index (χ4v) is 2.20. The lowest BCUT2D eigenvalue weighted by atomic mass is 10.0. The second-order valence-electron chi connectivity index (χ2n) is 5.32. The molecule has 0 saturated heterocycles. The van der Waals surface area contributed by atoms with Gasteiger partial charge in [0.15, 0.2) is 0 Å². The van der Waals surface area contributed by atoms with Crippen LogP contribution < -0.4 is 15.0 Å². The van der Waals surface area contributed by atoms with Crippen molar-refractivity contribution < 1.29 is 29.7 Å². The molecule has 2 atom stereocenters. The molecule has 0 aliphatic carbocycles. The largest absolute Gasteiger partial charge is 0.491 e. The summed E-state index contributed by atoms with van der Waals surface area (Å²) in [6.07, 6.45) is 0.512. The van der Waals surface area contributed by atoms with Crippen molar-refractivity contribution in [2.75, 3.05) is 13.2 Å². The Balaban J connectivity index is 2.16. The van der Waals surface area contributed by atoms with Gasteiger partial charge in [-0.3, -0.25) is 10.0 Å². The molecule has 0 spiro atoms. The van der Waals surface area contributed by atoms with Gasteiger partial charge in [-0.15, -0.1) is 0 Å². The van der Waals surface area contributed by atoms with Crippen LogP contribution >= 0.6 is 0 Å². The highest BCUT2D eigenvalue weighted by molar-refractivity contribution is 5.86. The van der Waals surface area contributed by atoms with Crippen LogP contribution in [-0.4, -0.2) is 40.6 Å². The molecular weight excluding hydrogens is 338 g/mol. The molecule has 0 aromatic heterocycles. The highest BCUT2D eigenvalue weighted by atomic mass is 16.5. The summed E-state index contributed by atoms with van der Waals surface area (Å²) in [6, 6.07) is 15.5. The van der Waals surface area contributed by atoms with Crippen molar-refractivity contribution in [2.45, 2.75) is 12.2 Å². The van der Waals surface area contributed by atoms with Gasteiger partial charge in [0.25, 0.3) is 5.91 Å². The summed E-state index contributed by atoms with van der Waals surface area (Å²) in [5.74, 6) is 0.353. The number of hydroxylamine groups is 1. The fourth-order valence-electron chi connectivity index (χ4n) is 2.20. The Kier molecular flexibility index (Phi) is 7.63. The standard InChI is InChI=1S/C19H21NO6/c21-12-13-25-15-8-6-14(7-9-15)19(23)17(10-11-18(22)20-24)26-16-4-2-1-3-5-16/h1-11,17,19,21,23-24H,12-13H2,(H,20,22)/b11-10+/t17-,19-/m1/s1. The Morgan fingerprint density at radius 1 is 1.08 bits per heavy atom. The van der Waals surface area contributed by atoms with Gasteiger partial charge in [-0.25, -0.2) is 5.48 Å². The molecule has 0 bridgehead atoms. The molecule has 0 unspecified atom stereocenters. The van der Waals surface area contributed by atoms with Crippen LogP contribution in [0.2, 0.25) is 0 Å². The molecule has 26 heavy (non-hydrogen) atoms. The number of nitrogens with one attached hydrogen (secondary N) is 1. The fraction of sp³-hybridized carbons (Fsp3) is 0.211. The van der Waals surface area contributed by atoms with Crippen LogP contribution in [0.25, 0.3) is 0 Å². The number of carbonyl (C=O) groups excluding carboxylic acids is 1. The van der Waals surface area contributed by atoms with Crippen molar-refractivity contribution in [1.82, 2.24) is 5.48 Å². The molecule has 2 rings (SSSR count). The molecule has 0 aliphatic heterocycles. The number of carbonyl (C=O) groups is 1. The molecule has 0 saturated carbocycles. The zero-order valence-corrected chi connectivity index (χ0v) is 14.0. The molecule has 0 aliphatic rings. The van der Waals surface area contributed by atoms with Crippen molar-refractivity contribution in [3.8, 4) is 11.5 Å². The molecule has 138 valence electrons. The van der Waals surface area contributed by atoms with E-state index < -0.39 is 18.1 Å². The van der Waals surface area contributed by atoms with Crippen LogP contribution in [0.1, 0.15) is 11.7 Å². The third-order valence-corrected chi connectivity index (χ3v) is 3.46. The van der Waals surface area contributed by atoms with Gasteiger partial charge in [0.2, 0.25) is 0 Å². The van der Waals surface area contributed by atoms with E-state index in [0.717, 1.165) is 6.08 Å². The molecule has 7 heteroatoms. The maximum Gasteiger partial charge on any atom is 0.267 e. The van der Waals surface area contributed by atoms with Crippen molar-refractivity contribution in [3.63, 3.8) is 0 Å². The van der Waals surface area contributed by atoms with Crippen LogP contribution in [0.3, 0.4) is 0 Å². The number of aliphatic hydroxyl groups is 2. The Morgan fingerprint density at radius 2 is 1.77 bits per heavy atom. The number of hydrogen-bond acceptors (Lipinski definition) is 6. The van der Waals surface area contributed by atoms with Gasteiger partial charge < -0.3 is 19.7 Å². The van der Waals surface area contributed by atoms with E-state index in [-0.39, 0.29) is 13.2 Å². The summed E-state index contributed by atoms with van der Waals surface area (Å²) >= 11 is 0. The zero-order chi connectivity index (χ0) is 18.8. The minimum atomic E-state index is -1.06. The van der Waals surface area contributed by atoms with E-state index in [0.29, 0.717) is 17.1 Å². The lowest BCUT2D eigenvalue weighted by Crippen LogP contribution is -2.24. The topological polar surface area (TPSA) is 108 Å². The summed E-state index contributed by atoms with van der Waals surface area (Å²) in [5.41, 5.74) is 2.04. The first-order valence-electron chi connectivity index (χ1n) is 7.99. The number of para-hydroxylation sites is 1. The van der Waals surface area contributed by atoms with Crippen molar-refractivity contribution in [3.05, 3.63) is 72.3 Å². The Labute approximate surface area is 151 Å². The van der Waals surface area contributed by atoms with Gasteiger partial charge in [0.1, 0.15) is 30.3 Å². The molecule has 0 radical (unpaired) electrons. The van der Waals surface area contributed by atoms with Gasteiger partial charge >= 0.3 is 0 Å². The van der Waals surface area contributed by atoms with Gasteiger partial charge in [-0.1, -0.05) is 30.3 Å². The molecular formula is C19H21NO6. The van der Waals surface area contributed by atoms with E-state index in [1.807, 2.05) is 6.07 Å². The molecule has 2 aromatic rings. The second kappa shape index (κ2) is 10.2. The Morgan fingerprint density at radius 3 is 2.38 bits per heavy atom. The Hall–Kier alpha value is -2.87. The SMILES string of the molecule is O=C(/C=C/[C@@H](Oc1ccccc1)[C@H](O)c1ccc(OCCO)cc1)NO. The summed E-state index contributed by atoms with van der Waals surface area (Å²) in [5, 5.41) is 28.0.